The Hall–Kier alpha value is -4.45. The minimum Gasteiger partial charge on any atom is -0.424 e. The lowest BCUT2D eigenvalue weighted by Gasteiger charge is -2.07. The molecule has 0 atom stereocenters. The Labute approximate surface area is 200 Å². The van der Waals surface area contributed by atoms with Crippen LogP contribution in [0.5, 0.6) is 11.8 Å². The van der Waals surface area contributed by atoms with E-state index in [1.165, 1.54) is 6.21 Å². The van der Waals surface area contributed by atoms with E-state index in [1.807, 2.05) is 0 Å². The third-order valence-corrected chi connectivity index (χ3v) is 4.70. The first-order chi connectivity index (χ1) is 16.7. The normalized spacial score (nSPS) is 11.5. The van der Waals surface area contributed by atoms with Gasteiger partial charge in [-0.05, 0) is 48.0 Å². The maximum atomic E-state index is 12.6. The number of hydrogen-bond donors (Lipinski definition) is 3. The number of nitrogens with two attached hydrogens (primary N) is 1. The molecule has 2 aromatic heterocycles. The molecule has 0 aliphatic carbocycles. The average Bonchev–Trinajstić information content (AvgIpc) is 3.21. The van der Waals surface area contributed by atoms with Crippen LogP contribution in [0.4, 0.5) is 30.5 Å². The number of primary amides is 1. The number of hydrogen-bond acceptors (Lipinski definition) is 7. The number of benzene rings is 2. The fourth-order valence-corrected chi connectivity index (χ4v) is 3.03. The first kappa shape index (κ1) is 23.7. The largest absolute Gasteiger partial charge is 0.424 e. The van der Waals surface area contributed by atoms with Gasteiger partial charge < -0.3 is 15.8 Å². The van der Waals surface area contributed by atoms with E-state index in [-0.39, 0.29) is 23.2 Å². The van der Waals surface area contributed by atoms with Gasteiger partial charge in [-0.2, -0.15) is 18.3 Å². The predicted octanol–water partition coefficient (Wildman–Crippen LogP) is 5.26. The summed E-state index contributed by atoms with van der Waals surface area (Å²) in [6, 6.07) is 13.0. The number of anilines is 2. The Morgan fingerprint density at radius 1 is 1.14 bits per heavy atom. The lowest BCUT2D eigenvalue weighted by Crippen LogP contribution is -2.12. The molecule has 0 fully saturated rings. The zero-order valence-electron chi connectivity index (χ0n) is 17.5. The van der Waals surface area contributed by atoms with Crippen molar-refractivity contribution in [3.8, 4) is 11.8 Å². The number of carbonyl (C=O) groups excluding carboxylic acids is 1. The van der Waals surface area contributed by atoms with E-state index in [2.05, 4.69) is 30.5 Å². The van der Waals surface area contributed by atoms with Gasteiger partial charge in [0.2, 0.25) is 0 Å². The second-order valence-electron chi connectivity index (χ2n) is 6.98. The van der Waals surface area contributed by atoms with E-state index < -0.39 is 17.6 Å². The second-order valence-corrected chi connectivity index (χ2v) is 7.41. The van der Waals surface area contributed by atoms with E-state index in [4.69, 9.17) is 22.1 Å². The Bertz CT molecular complexity index is 1370. The topological polar surface area (TPSA) is 131 Å². The number of rotatable bonds is 7. The van der Waals surface area contributed by atoms with Crippen molar-refractivity contribution in [2.45, 2.75) is 6.18 Å². The van der Waals surface area contributed by atoms with Gasteiger partial charge in [0.25, 0.3) is 5.91 Å². The average molecular weight is 502 g/mol. The fourth-order valence-electron chi connectivity index (χ4n) is 2.84. The number of ether oxygens (including phenoxy) is 1. The minimum atomic E-state index is -4.53. The third-order valence-electron chi connectivity index (χ3n) is 4.47. The van der Waals surface area contributed by atoms with Crippen LogP contribution in [0.1, 0.15) is 21.5 Å². The van der Waals surface area contributed by atoms with Crippen molar-refractivity contribution < 1.29 is 22.7 Å². The van der Waals surface area contributed by atoms with Crippen LogP contribution in [-0.4, -0.2) is 32.3 Å². The van der Waals surface area contributed by atoms with Gasteiger partial charge in [-0.25, -0.2) is 15.0 Å². The first-order valence-electron chi connectivity index (χ1n) is 9.81. The van der Waals surface area contributed by atoms with Crippen LogP contribution in [0.25, 0.3) is 0 Å². The number of halogens is 4. The van der Waals surface area contributed by atoms with Crippen molar-refractivity contribution in [3.05, 3.63) is 82.6 Å². The van der Waals surface area contributed by atoms with Crippen LogP contribution in [0.2, 0.25) is 5.02 Å². The molecular formula is C22H15ClF3N7O2. The van der Waals surface area contributed by atoms with Crippen molar-refractivity contribution in [2.75, 3.05) is 5.32 Å². The Kier molecular flexibility index (Phi) is 6.64. The van der Waals surface area contributed by atoms with Crippen LogP contribution in [0.15, 0.2) is 65.9 Å². The summed E-state index contributed by atoms with van der Waals surface area (Å²) in [5, 5.41) is 10.2. The smallest absolute Gasteiger partial charge is 0.419 e. The molecule has 4 rings (SSSR count). The van der Waals surface area contributed by atoms with E-state index in [0.29, 0.717) is 34.4 Å². The second kappa shape index (κ2) is 9.81. The number of nitrogens with one attached hydrogen (secondary N) is 2. The van der Waals surface area contributed by atoms with Crippen molar-refractivity contribution in [1.29, 1.82) is 0 Å². The number of alkyl halides is 3. The molecule has 4 N–H and O–H groups in total. The molecule has 2 aromatic carbocycles. The summed E-state index contributed by atoms with van der Waals surface area (Å²) in [6.45, 7) is 0. The number of aromatic amines is 1. The number of aromatic nitrogens is 4. The molecule has 0 bridgehead atoms. The van der Waals surface area contributed by atoms with Gasteiger partial charge in [0.15, 0.2) is 5.82 Å². The molecule has 2 heterocycles. The highest BCUT2D eigenvalue weighted by atomic mass is 35.5. The highest BCUT2D eigenvalue weighted by molar-refractivity contribution is 6.30. The zero-order valence-corrected chi connectivity index (χ0v) is 18.3. The van der Waals surface area contributed by atoms with Crippen molar-refractivity contribution in [2.24, 2.45) is 10.7 Å². The number of nitrogens with zero attached hydrogens (tertiary/aromatic N) is 4. The third kappa shape index (κ3) is 5.92. The molecule has 0 saturated carbocycles. The summed E-state index contributed by atoms with van der Waals surface area (Å²) < 4.78 is 43.1. The zero-order chi connectivity index (χ0) is 25.0. The summed E-state index contributed by atoms with van der Waals surface area (Å²) in [6.07, 6.45) is -1.81. The van der Waals surface area contributed by atoms with Crippen molar-refractivity contribution in [1.82, 2.24) is 20.2 Å². The molecule has 0 aliphatic heterocycles. The lowest BCUT2D eigenvalue weighted by molar-refractivity contribution is -0.138. The molecule has 35 heavy (non-hydrogen) atoms. The molecule has 0 spiro atoms. The fraction of sp³-hybridized carbons (Fsp3) is 0.0455. The molecule has 0 aliphatic rings. The molecule has 0 unspecified atom stereocenters. The predicted molar refractivity (Wildman–Crippen MR) is 123 cm³/mol. The van der Waals surface area contributed by atoms with Crippen molar-refractivity contribution in [3.63, 3.8) is 0 Å². The number of aliphatic imine (C=N–C) groups is 1. The standard InChI is InChI=1S/C22H15ClF3N7O2/c23-14-2-1-3-15(8-14)31-20-17(18(27)34)19(32-33-20)28-9-12-4-6-16(7-5-12)35-21-29-10-13(11-30-21)22(24,25)26/h1-11H,(H2,27,34)(H2,31,32,33). The maximum absolute atomic E-state index is 12.6. The number of carbonyl (C=O) groups is 1. The highest BCUT2D eigenvalue weighted by Crippen LogP contribution is 2.29. The maximum Gasteiger partial charge on any atom is 0.419 e. The summed E-state index contributed by atoms with van der Waals surface area (Å²) >= 11 is 5.98. The van der Waals surface area contributed by atoms with Gasteiger partial charge in [0.05, 0.1) is 5.56 Å². The van der Waals surface area contributed by atoms with E-state index in [9.17, 15) is 18.0 Å². The van der Waals surface area contributed by atoms with Gasteiger partial charge in [-0.1, -0.05) is 17.7 Å². The molecular weight excluding hydrogens is 487 g/mol. The van der Waals surface area contributed by atoms with Crippen molar-refractivity contribution >= 4 is 41.0 Å². The molecule has 0 radical (unpaired) electrons. The van der Waals surface area contributed by atoms with Crippen LogP contribution >= 0.6 is 11.6 Å². The Balaban J connectivity index is 1.46. The summed E-state index contributed by atoms with van der Waals surface area (Å²) in [7, 11) is 0. The van der Waals surface area contributed by atoms with E-state index >= 15 is 0 Å². The van der Waals surface area contributed by atoms with E-state index in [1.54, 1.807) is 48.5 Å². The quantitative estimate of drug-likeness (QED) is 0.296. The molecule has 178 valence electrons. The van der Waals surface area contributed by atoms with Gasteiger partial charge >= 0.3 is 12.2 Å². The first-order valence-corrected chi connectivity index (χ1v) is 10.2. The minimum absolute atomic E-state index is 0.0561. The molecule has 13 heteroatoms. The van der Waals surface area contributed by atoms with Crippen LogP contribution in [0.3, 0.4) is 0 Å². The summed E-state index contributed by atoms with van der Waals surface area (Å²) in [5.41, 5.74) is 5.83. The molecule has 1 amide bonds. The number of H-pyrrole nitrogens is 1. The highest BCUT2D eigenvalue weighted by Gasteiger charge is 2.31. The van der Waals surface area contributed by atoms with Gasteiger partial charge in [0.1, 0.15) is 17.1 Å². The van der Waals surface area contributed by atoms with Gasteiger partial charge in [-0.15, -0.1) is 0 Å². The van der Waals surface area contributed by atoms with Crippen LogP contribution < -0.4 is 15.8 Å². The SMILES string of the molecule is NC(=O)c1c(N=Cc2ccc(Oc3ncc(C(F)(F)F)cn3)cc2)n[nH]c1Nc1cccc(Cl)c1. The van der Waals surface area contributed by atoms with Gasteiger partial charge in [-0.3, -0.25) is 9.89 Å². The van der Waals surface area contributed by atoms with Gasteiger partial charge in [0, 0.05) is 29.3 Å². The summed E-state index contributed by atoms with van der Waals surface area (Å²) in [5.74, 6) is -0.115. The Morgan fingerprint density at radius 2 is 1.86 bits per heavy atom. The molecule has 0 saturated heterocycles. The molecule has 9 nitrogen and oxygen atoms in total. The van der Waals surface area contributed by atoms with E-state index in [0.717, 1.165) is 0 Å². The monoisotopic (exact) mass is 501 g/mol. The lowest BCUT2D eigenvalue weighted by atomic mass is 10.2. The Morgan fingerprint density at radius 3 is 2.49 bits per heavy atom. The molecule has 4 aromatic rings. The van der Waals surface area contributed by atoms with Crippen LogP contribution in [-0.2, 0) is 6.18 Å². The summed E-state index contributed by atoms with van der Waals surface area (Å²) in [4.78, 5) is 23.3. The van der Waals surface area contributed by atoms with Crippen LogP contribution in [0, 0.1) is 0 Å². The number of amides is 1.